The van der Waals surface area contributed by atoms with Gasteiger partial charge in [0, 0.05) is 24.0 Å². The van der Waals surface area contributed by atoms with Crippen LogP contribution < -0.4 is 5.32 Å². The fourth-order valence-corrected chi connectivity index (χ4v) is 3.10. The SMILES string of the molecule is C=C(NC(CCC)C(=C)N1CCCC1C)c1ccccc1. The molecule has 0 bridgehead atoms. The highest BCUT2D eigenvalue weighted by atomic mass is 15.2. The van der Waals surface area contributed by atoms with Crippen molar-refractivity contribution in [2.45, 2.75) is 51.6 Å². The zero-order valence-electron chi connectivity index (χ0n) is 13.4. The first-order valence-corrected chi connectivity index (χ1v) is 8.09. The van der Waals surface area contributed by atoms with Crippen LogP contribution in [0.15, 0.2) is 49.2 Å². The first-order valence-electron chi connectivity index (χ1n) is 8.09. The Morgan fingerprint density at radius 1 is 1.33 bits per heavy atom. The lowest BCUT2D eigenvalue weighted by Crippen LogP contribution is -2.39. The van der Waals surface area contributed by atoms with E-state index in [0.717, 1.165) is 30.6 Å². The molecule has 1 fully saturated rings. The Kier molecular flexibility index (Phi) is 5.49. The van der Waals surface area contributed by atoms with Crippen molar-refractivity contribution in [3.8, 4) is 0 Å². The van der Waals surface area contributed by atoms with E-state index in [9.17, 15) is 0 Å². The lowest BCUT2D eigenvalue weighted by molar-refractivity contribution is 0.307. The van der Waals surface area contributed by atoms with Crippen molar-refractivity contribution in [1.29, 1.82) is 0 Å². The second-order valence-electron chi connectivity index (χ2n) is 6.01. The van der Waals surface area contributed by atoms with E-state index in [1.807, 2.05) is 18.2 Å². The van der Waals surface area contributed by atoms with Gasteiger partial charge in [0.2, 0.25) is 0 Å². The Labute approximate surface area is 129 Å². The molecule has 0 aromatic heterocycles. The summed E-state index contributed by atoms with van der Waals surface area (Å²) in [5.41, 5.74) is 3.36. The molecule has 21 heavy (non-hydrogen) atoms. The third-order valence-electron chi connectivity index (χ3n) is 4.37. The van der Waals surface area contributed by atoms with Crippen LogP contribution in [-0.2, 0) is 0 Å². The van der Waals surface area contributed by atoms with Crippen LogP contribution >= 0.6 is 0 Å². The highest BCUT2D eigenvalue weighted by Crippen LogP contribution is 2.25. The van der Waals surface area contributed by atoms with Gasteiger partial charge < -0.3 is 10.2 Å². The zero-order valence-corrected chi connectivity index (χ0v) is 13.4. The molecule has 2 unspecified atom stereocenters. The molecule has 0 aliphatic carbocycles. The van der Waals surface area contributed by atoms with Crippen molar-refractivity contribution in [1.82, 2.24) is 10.2 Å². The molecule has 2 heteroatoms. The minimum Gasteiger partial charge on any atom is -0.377 e. The summed E-state index contributed by atoms with van der Waals surface area (Å²) < 4.78 is 0. The summed E-state index contributed by atoms with van der Waals surface area (Å²) in [7, 11) is 0. The summed E-state index contributed by atoms with van der Waals surface area (Å²) >= 11 is 0. The second-order valence-corrected chi connectivity index (χ2v) is 6.01. The molecule has 1 N–H and O–H groups in total. The van der Waals surface area contributed by atoms with E-state index >= 15 is 0 Å². The molecule has 1 aliphatic rings. The fourth-order valence-electron chi connectivity index (χ4n) is 3.10. The zero-order chi connectivity index (χ0) is 15.2. The van der Waals surface area contributed by atoms with Gasteiger partial charge in [-0.05, 0) is 31.7 Å². The van der Waals surface area contributed by atoms with Gasteiger partial charge in [0.1, 0.15) is 0 Å². The molecule has 2 rings (SSSR count). The summed E-state index contributed by atoms with van der Waals surface area (Å²) in [6.45, 7) is 14.2. The maximum Gasteiger partial charge on any atom is 0.0655 e. The third-order valence-corrected chi connectivity index (χ3v) is 4.37. The van der Waals surface area contributed by atoms with E-state index in [4.69, 9.17) is 0 Å². The molecule has 1 saturated heterocycles. The molecular weight excluding hydrogens is 256 g/mol. The number of hydrogen-bond acceptors (Lipinski definition) is 2. The molecule has 0 radical (unpaired) electrons. The maximum absolute atomic E-state index is 4.38. The van der Waals surface area contributed by atoms with Crippen LogP contribution in [0.25, 0.3) is 5.70 Å². The predicted molar refractivity (Wildman–Crippen MR) is 91.8 cm³/mol. The van der Waals surface area contributed by atoms with E-state index in [2.05, 4.69) is 49.4 Å². The molecule has 1 heterocycles. The van der Waals surface area contributed by atoms with Gasteiger partial charge >= 0.3 is 0 Å². The van der Waals surface area contributed by atoms with Crippen LogP contribution in [0.2, 0.25) is 0 Å². The van der Waals surface area contributed by atoms with E-state index in [1.54, 1.807) is 0 Å². The number of benzene rings is 1. The van der Waals surface area contributed by atoms with Gasteiger partial charge in [0.15, 0.2) is 0 Å². The monoisotopic (exact) mass is 284 g/mol. The number of rotatable bonds is 7. The van der Waals surface area contributed by atoms with E-state index < -0.39 is 0 Å². The van der Waals surface area contributed by atoms with Gasteiger partial charge in [-0.3, -0.25) is 0 Å². The normalized spacial score (nSPS) is 19.3. The van der Waals surface area contributed by atoms with Crippen molar-refractivity contribution >= 4 is 5.70 Å². The van der Waals surface area contributed by atoms with Gasteiger partial charge in [-0.25, -0.2) is 0 Å². The number of hydrogen-bond donors (Lipinski definition) is 1. The van der Waals surface area contributed by atoms with Crippen LogP contribution in [0, 0.1) is 0 Å². The number of likely N-dealkylation sites (tertiary alicyclic amines) is 1. The first kappa shape index (κ1) is 15.7. The highest BCUT2D eigenvalue weighted by Gasteiger charge is 2.25. The average molecular weight is 284 g/mol. The molecule has 0 amide bonds. The average Bonchev–Trinajstić information content (AvgIpc) is 2.93. The Morgan fingerprint density at radius 2 is 2.05 bits per heavy atom. The Hall–Kier alpha value is -1.70. The minimum atomic E-state index is 0.281. The number of nitrogens with one attached hydrogen (secondary N) is 1. The highest BCUT2D eigenvalue weighted by molar-refractivity contribution is 5.62. The summed E-state index contributed by atoms with van der Waals surface area (Å²) in [5.74, 6) is 0. The molecule has 1 aromatic carbocycles. The van der Waals surface area contributed by atoms with Crippen molar-refractivity contribution in [3.63, 3.8) is 0 Å². The molecule has 114 valence electrons. The third kappa shape index (κ3) is 3.90. The Balaban J connectivity index is 2.05. The van der Waals surface area contributed by atoms with Crippen LogP contribution in [0.5, 0.6) is 0 Å². The van der Waals surface area contributed by atoms with Gasteiger partial charge in [-0.2, -0.15) is 0 Å². The Bertz CT molecular complexity index is 478. The van der Waals surface area contributed by atoms with E-state index in [1.165, 1.54) is 18.5 Å². The van der Waals surface area contributed by atoms with Crippen molar-refractivity contribution < 1.29 is 0 Å². The van der Waals surface area contributed by atoms with E-state index in [-0.39, 0.29) is 6.04 Å². The largest absolute Gasteiger partial charge is 0.377 e. The molecule has 2 atom stereocenters. The quantitative estimate of drug-likeness (QED) is 0.797. The Morgan fingerprint density at radius 3 is 2.62 bits per heavy atom. The molecule has 0 saturated carbocycles. The summed E-state index contributed by atoms with van der Waals surface area (Å²) in [6.07, 6.45) is 4.78. The lowest BCUT2D eigenvalue weighted by Gasteiger charge is -2.33. The second kappa shape index (κ2) is 7.35. The summed E-state index contributed by atoms with van der Waals surface area (Å²) in [4.78, 5) is 2.46. The first-order chi connectivity index (χ1) is 10.1. The van der Waals surface area contributed by atoms with Crippen molar-refractivity contribution in [2.24, 2.45) is 0 Å². The van der Waals surface area contributed by atoms with Crippen LogP contribution in [0.3, 0.4) is 0 Å². The predicted octanol–water partition coefficient (Wildman–Crippen LogP) is 4.41. The molecular formula is C19H28N2. The van der Waals surface area contributed by atoms with Crippen LogP contribution in [-0.4, -0.2) is 23.5 Å². The van der Waals surface area contributed by atoms with Gasteiger partial charge in [-0.15, -0.1) is 0 Å². The van der Waals surface area contributed by atoms with E-state index in [0.29, 0.717) is 6.04 Å². The summed E-state index contributed by atoms with van der Waals surface area (Å²) in [6, 6.07) is 11.2. The molecule has 2 nitrogen and oxygen atoms in total. The standard InChI is InChI=1S/C19H28N2/c1-5-10-19(17(4)21-14-9-11-15(21)2)20-16(3)18-12-7-6-8-13-18/h6-8,12-13,15,19-20H,3-5,9-11,14H2,1-2H3. The van der Waals surface area contributed by atoms with Crippen molar-refractivity contribution in [2.75, 3.05) is 6.54 Å². The lowest BCUT2D eigenvalue weighted by atomic mass is 10.1. The molecule has 1 aliphatic heterocycles. The van der Waals surface area contributed by atoms with Crippen LogP contribution in [0.1, 0.15) is 45.1 Å². The van der Waals surface area contributed by atoms with Gasteiger partial charge in [-0.1, -0.05) is 56.8 Å². The minimum absolute atomic E-state index is 0.281. The smallest absolute Gasteiger partial charge is 0.0655 e. The summed E-state index contributed by atoms with van der Waals surface area (Å²) in [5, 5.41) is 3.60. The molecule has 0 spiro atoms. The maximum atomic E-state index is 4.38. The van der Waals surface area contributed by atoms with Gasteiger partial charge in [0.25, 0.3) is 0 Å². The topological polar surface area (TPSA) is 15.3 Å². The van der Waals surface area contributed by atoms with Crippen LogP contribution in [0.4, 0.5) is 0 Å². The van der Waals surface area contributed by atoms with Crippen molar-refractivity contribution in [3.05, 3.63) is 54.8 Å². The molecule has 1 aromatic rings. The van der Waals surface area contributed by atoms with Gasteiger partial charge in [0.05, 0.1) is 6.04 Å². The number of nitrogens with zero attached hydrogens (tertiary/aromatic N) is 1. The fraction of sp³-hybridized carbons (Fsp3) is 0.474.